The fourth-order valence-electron chi connectivity index (χ4n) is 1.22. The van der Waals surface area contributed by atoms with Crippen LogP contribution in [0, 0.1) is 6.20 Å². The molecule has 1 heterocycles. The number of hydrogen-bond donors (Lipinski definition) is 1. The molecule has 0 saturated heterocycles. The lowest BCUT2D eigenvalue weighted by Crippen LogP contribution is -1.98. The Bertz CT molecular complexity index is 460. The van der Waals surface area contributed by atoms with Crippen LogP contribution in [0.5, 0.6) is 0 Å². The van der Waals surface area contributed by atoms with E-state index < -0.39 is 5.97 Å². The number of aromatic nitrogens is 1. The lowest BCUT2D eigenvalue weighted by molar-refractivity contribution is 0.0699. The number of para-hydroxylation sites is 1. The Balaban J connectivity index is 2.83. The molecule has 0 amide bonds. The molecule has 1 aromatic carbocycles. The van der Waals surface area contributed by atoms with Gasteiger partial charge in [-0.25, -0.2) is 9.78 Å². The molecule has 0 aliphatic heterocycles. The summed E-state index contributed by atoms with van der Waals surface area (Å²) in [5, 5.41) is 9.65. The van der Waals surface area contributed by atoms with Crippen molar-refractivity contribution in [3.8, 4) is 0 Å². The van der Waals surface area contributed by atoms with E-state index in [9.17, 15) is 4.79 Å². The van der Waals surface area contributed by atoms with Gasteiger partial charge in [-0.1, -0.05) is 18.2 Å². The lowest BCUT2D eigenvalue weighted by atomic mass is 10.1. The molecule has 63 valence electrons. The average molecular weight is 172 g/mol. The maximum atomic E-state index is 10.8. The Hall–Kier alpha value is -1.90. The topological polar surface area (TPSA) is 50.2 Å². The van der Waals surface area contributed by atoms with Crippen molar-refractivity contribution >= 4 is 16.9 Å². The number of carboxylic acid groups (broad SMARTS) is 1. The minimum Gasteiger partial charge on any atom is -0.478 e. The molecule has 1 N–H and O–H groups in total. The Kier molecular flexibility index (Phi) is 1.70. The van der Waals surface area contributed by atoms with E-state index in [4.69, 9.17) is 5.11 Å². The first-order chi connectivity index (χ1) is 6.29. The van der Waals surface area contributed by atoms with E-state index in [0.717, 1.165) is 5.39 Å². The normalized spacial score (nSPS) is 10.2. The Morgan fingerprint density at radius 1 is 1.38 bits per heavy atom. The molecule has 0 aliphatic rings. The van der Waals surface area contributed by atoms with E-state index in [0.29, 0.717) is 5.52 Å². The zero-order chi connectivity index (χ0) is 9.26. The van der Waals surface area contributed by atoms with E-state index in [-0.39, 0.29) is 5.56 Å². The molecule has 0 fully saturated rings. The first-order valence-corrected chi connectivity index (χ1v) is 3.78. The lowest BCUT2D eigenvalue weighted by Gasteiger charge is -1.98. The minimum absolute atomic E-state index is 0.217. The number of pyridine rings is 1. The van der Waals surface area contributed by atoms with Crippen LogP contribution >= 0.6 is 0 Å². The van der Waals surface area contributed by atoms with Gasteiger partial charge in [0, 0.05) is 5.39 Å². The van der Waals surface area contributed by atoms with Crippen molar-refractivity contribution in [2.75, 3.05) is 0 Å². The number of nitrogens with zero attached hydrogens (tertiary/aromatic N) is 1. The zero-order valence-electron chi connectivity index (χ0n) is 6.69. The molecular formula is C10H6NO2. The van der Waals surface area contributed by atoms with Crippen molar-refractivity contribution in [1.82, 2.24) is 4.98 Å². The largest absolute Gasteiger partial charge is 0.478 e. The summed E-state index contributed by atoms with van der Waals surface area (Å²) in [5.41, 5.74) is 0.701. The highest BCUT2D eigenvalue weighted by Gasteiger charge is 2.07. The third kappa shape index (κ3) is 1.24. The molecule has 13 heavy (non-hydrogen) atoms. The summed E-state index contributed by atoms with van der Waals surface area (Å²) >= 11 is 0. The van der Waals surface area contributed by atoms with Gasteiger partial charge in [-0.3, -0.25) is 0 Å². The van der Waals surface area contributed by atoms with Crippen LogP contribution in [0.4, 0.5) is 0 Å². The van der Waals surface area contributed by atoms with Crippen LogP contribution in [0.2, 0.25) is 0 Å². The maximum Gasteiger partial charge on any atom is 0.337 e. The second-order valence-electron chi connectivity index (χ2n) is 2.62. The van der Waals surface area contributed by atoms with E-state index in [1.165, 1.54) is 6.07 Å². The van der Waals surface area contributed by atoms with Gasteiger partial charge in [0.05, 0.1) is 17.3 Å². The van der Waals surface area contributed by atoms with Crippen LogP contribution in [0.1, 0.15) is 10.4 Å². The standard InChI is InChI=1S/C10H6NO2/c12-10(13)8-5-1-3-7-4-2-6-11-9(7)8/h1-5H,(H,12,13). The molecule has 3 heteroatoms. The first-order valence-electron chi connectivity index (χ1n) is 3.78. The van der Waals surface area contributed by atoms with Crippen LogP contribution < -0.4 is 0 Å². The summed E-state index contributed by atoms with van der Waals surface area (Å²) in [7, 11) is 0. The molecule has 3 nitrogen and oxygen atoms in total. The molecule has 1 radical (unpaired) electrons. The zero-order valence-corrected chi connectivity index (χ0v) is 6.69. The molecule has 0 atom stereocenters. The predicted molar refractivity (Wildman–Crippen MR) is 47.5 cm³/mol. The first kappa shape index (κ1) is 7.73. The number of carboxylic acids is 1. The van der Waals surface area contributed by atoms with Gasteiger partial charge in [-0.2, -0.15) is 0 Å². The Labute approximate surface area is 74.7 Å². The number of aromatic carboxylic acids is 1. The van der Waals surface area contributed by atoms with Crippen molar-refractivity contribution < 1.29 is 9.90 Å². The molecule has 0 aliphatic carbocycles. The van der Waals surface area contributed by atoms with Crippen LogP contribution in [-0.2, 0) is 0 Å². The van der Waals surface area contributed by atoms with Gasteiger partial charge in [0.25, 0.3) is 0 Å². The van der Waals surface area contributed by atoms with Crippen LogP contribution in [0.3, 0.4) is 0 Å². The summed E-state index contributed by atoms with van der Waals surface area (Å²) < 4.78 is 0. The highest BCUT2D eigenvalue weighted by Crippen LogP contribution is 2.15. The molecular weight excluding hydrogens is 166 g/mol. The molecule has 2 aromatic rings. The van der Waals surface area contributed by atoms with Gasteiger partial charge in [-0.05, 0) is 12.1 Å². The SMILES string of the molecule is O=C(O)c1cccc2cc[c]nc12. The number of hydrogen-bond acceptors (Lipinski definition) is 2. The molecule has 2 rings (SSSR count). The summed E-state index contributed by atoms with van der Waals surface area (Å²) in [6.07, 6.45) is 2.62. The molecule has 0 unspecified atom stereocenters. The van der Waals surface area contributed by atoms with Crippen LogP contribution in [-0.4, -0.2) is 16.1 Å². The van der Waals surface area contributed by atoms with Crippen LogP contribution in [0.25, 0.3) is 10.9 Å². The Morgan fingerprint density at radius 2 is 2.23 bits per heavy atom. The van der Waals surface area contributed by atoms with E-state index in [2.05, 4.69) is 11.2 Å². The van der Waals surface area contributed by atoms with Crippen molar-refractivity contribution in [1.29, 1.82) is 0 Å². The van der Waals surface area contributed by atoms with Crippen molar-refractivity contribution in [3.63, 3.8) is 0 Å². The van der Waals surface area contributed by atoms with Gasteiger partial charge in [-0.15, -0.1) is 0 Å². The quantitative estimate of drug-likeness (QED) is 0.712. The van der Waals surface area contributed by atoms with Crippen molar-refractivity contribution in [2.24, 2.45) is 0 Å². The monoisotopic (exact) mass is 172 g/mol. The van der Waals surface area contributed by atoms with Gasteiger partial charge in [0.1, 0.15) is 0 Å². The second kappa shape index (κ2) is 2.86. The Morgan fingerprint density at radius 3 is 3.00 bits per heavy atom. The fraction of sp³-hybridized carbons (Fsp3) is 0. The number of carbonyl (C=O) groups is 1. The highest BCUT2D eigenvalue weighted by molar-refractivity contribution is 6.01. The van der Waals surface area contributed by atoms with Gasteiger partial charge in [0.15, 0.2) is 0 Å². The minimum atomic E-state index is -0.960. The maximum absolute atomic E-state index is 10.8. The third-order valence-electron chi connectivity index (χ3n) is 1.81. The second-order valence-corrected chi connectivity index (χ2v) is 2.62. The van der Waals surface area contributed by atoms with Gasteiger partial charge < -0.3 is 5.11 Å². The highest BCUT2D eigenvalue weighted by atomic mass is 16.4. The number of rotatable bonds is 1. The van der Waals surface area contributed by atoms with Crippen LogP contribution in [0.15, 0.2) is 30.3 Å². The van der Waals surface area contributed by atoms with E-state index in [1.807, 2.05) is 6.07 Å². The summed E-state index contributed by atoms with van der Waals surface area (Å²) in [5.74, 6) is -0.960. The van der Waals surface area contributed by atoms with Gasteiger partial charge in [0.2, 0.25) is 0 Å². The van der Waals surface area contributed by atoms with Gasteiger partial charge >= 0.3 is 5.97 Å². The van der Waals surface area contributed by atoms with Crippen molar-refractivity contribution in [3.05, 3.63) is 42.1 Å². The predicted octanol–water partition coefficient (Wildman–Crippen LogP) is 1.73. The van der Waals surface area contributed by atoms with E-state index in [1.54, 1.807) is 18.2 Å². The number of fused-ring (bicyclic) bond motifs is 1. The van der Waals surface area contributed by atoms with E-state index >= 15 is 0 Å². The molecule has 0 spiro atoms. The third-order valence-corrected chi connectivity index (χ3v) is 1.81. The van der Waals surface area contributed by atoms with Crippen molar-refractivity contribution in [2.45, 2.75) is 0 Å². The summed E-state index contributed by atoms with van der Waals surface area (Å²) in [6.45, 7) is 0. The molecule has 0 bridgehead atoms. The summed E-state index contributed by atoms with van der Waals surface area (Å²) in [4.78, 5) is 14.7. The molecule has 0 saturated carbocycles. The summed E-state index contributed by atoms with van der Waals surface area (Å²) in [6, 6.07) is 8.50. The average Bonchev–Trinajstić information content (AvgIpc) is 2.17. The number of benzene rings is 1. The fourth-order valence-corrected chi connectivity index (χ4v) is 1.22. The smallest absolute Gasteiger partial charge is 0.337 e. The molecule has 1 aromatic heterocycles.